The molecule has 1 aliphatic heterocycles. The van der Waals surface area contributed by atoms with Crippen molar-refractivity contribution in [3.05, 3.63) is 50.1 Å². The van der Waals surface area contributed by atoms with Crippen molar-refractivity contribution in [3.63, 3.8) is 0 Å². The number of rotatable bonds is 2. The number of benzene rings is 1. The third-order valence-corrected chi connectivity index (χ3v) is 6.47. The highest BCUT2D eigenvalue weighted by atomic mass is 79.9. The van der Waals surface area contributed by atoms with Crippen LogP contribution in [0.2, 0.25) is 0 Å². The van der Waals surface area contributed by atoms with Gasteiger partial charge in [-0.3, -0.25) is 0 Å². The number of hydrogen-bond donors (Lipinski definition) is 0. The van der Waals surface area contributed by atoms with Crippen LogP contribution in [0, 0.1) is 0 Å². The molecule has 1 unspecified atom stereocenters. The minimum absolute atomic E-state index is 0.105. The largest absolute Gasteiger partial charge is 0.492 e. The summed E-state index contributed by atoms with van der Waals surface area (Å²) in [5.41, 5.74) is 2.70. The second-order valence-electron chi connectivity index (χ2n) is 5.43. The molecule has 0 bridgehead atoms. The monoisotopic (exact) mass is 400 g/mol. The Bertz CT molecular complexity index is 618. The lowest BCUT2D eigenvalue weighted by Crippen LogP contribution is -2.18. The first kappa shape index (κ1) is 13.7. The summed E-state index contributed by atoms with van der Waals surface area (Å²) in [5, 5.41) is 0. The SMILES string of the molecule is CC1(C)COc2ccc(C(Br)c3ccc(Br)s3)cc21. The van der Waals surface area contributed by atoms with Gasteiger partial charge < -0.3 is 4.74 Å². The van der Waals surface area contributed by atoms with Crippen LogP contribution in [0.15, 0.2) is 34.1 Å². The van der Waals surface area contributed by atoms with Crippen LogP contribution in [0.3, 0.4) is 0 Å². The van der Waals surface area contributed by atoms with Crippen molar-refractivity contribution in [2.45, 2.75) is 24.1 Å². The molecule has 3 rings (SSSR count). The molecule has 1 aromatic heterocycles. The average molecular weight is 402 g/mol. The van der Waals surface area contributed by atoms with Crippen LogP contribution >= 0.6 is 43.2 Å². The minimum atomic E-state index is 0.105. The summed E-state index contributed by atoms with van der Waals surface area (Å²) in [5.74, 6) is 1.03. The Morgan fingerprint density at radius 2 is 2.05 bits per heavy atom. The Morgan fingerprint density at radius 1 is 1.26 bits per heavy atom. The molecule has 0 N–H and O–H groups in total. The van der Waals surface area contributed by atoms with E-state index in [0.717, 1.165) is 16.1 Å². The van der Waals surface area contributed by atoms with Crippen molar-refractivity contribution in [2.24, 2.45) is 0 Å². The normalized spacial score (nSPS) is 17.9. The fraction of sp³-hybridized carbons (Fsp3) is 0.333. The van der Waals surface area contributed by atoms with Crippen LogP contribution in [-0.2, 0) is 5.41 Å². The van der Waals surface area contributed by atoms with Crippen molar-refractivity contribution in [1.82, 2.24) is 0 Å². The topological polar surface area (TPSA) is 9.23 Å². The summed E-state index contributed by atoms with van der Waals surface area (Å²) in [6, 6.07) is 10.8. The molecule has 1 atom stereocenters. The maximum Gasteiger partial charge on any atom is 0.123 e. The molecule has 19 heavy (non-hydrogen) atoms. The molecule has 0 aliphatic carbocycles. The summed E-state index contributed by atoms with van der Waals surface area (Å²) < 4.78 is 6.90. The predicted molar refractivity (Wildman–Crippen MR) is 87.8 cm³/mol. The van der Waals surface area contributed by atoms with Crippen molar-refractivity contribution < 1.29 is 4.74 Å². The van der Waals surface area contributed by atoms with E-state index >= 15 is 0 Å². The molecule has 0 amide bonds. The van der Waals surface area contributed by atoms with Gasteiger partial charge in [-0.15, -0.1) is 11.3 Å². The number of halogens is 2. The summed E-state index contributed by atoms with van der Waals surface area (Å²) in [6.07, 6.45) is 0. The second kappa shape index (κ2) is 4.90. The van der Waals surface area contributed by atoms with Crippen molar-refractivity contribution in [3.8, 4) is 5.75 Å². The predicted octanol–water partition coefficient (Wildman–Crippen LogP) is 5.66. The fourth-order valence-corrected chi connectivity index (χ4v) is 4.47. The van der Waals surface area contributed by atoms with E-state index in [0.29, 0.717) is 0 Å². The molecule has 0 saturated carbocycles. The van der Waals surface area contributed by atoms with E-state index in [9.17, 15) is 0 Å². The van der Waals surface area contributed by atoms with Gasteiger partial charge in [0.2, 0.25) is 0 Å². The van der Waals surface area contributed by atoms with Crippen LogP contribution in [0.5, 0.6) is 5.75 Å². The Morgan fingerprint density at radius 3 is 2.74 bits per heavy atom. The highest BCUT2D eigenvalue weighted by molar-refractivity contribution is 9.11. The van der Waals surface area contributed by atoms with E-state index < -0.39 is 0 Å². The zero-order chi connectivity index (χ0) is 13.6. The van der Waals surface area contributed by atoms with Crippen LogP contribution in [0.25, 0.3) is 0 Å². The van der Waals surface area contributed by atoms with E-state index in [4.69, 9.17) is 4.74 Å². The van der Waals surface area contributed by atoms with Gasteiger partial charge in [-0.1, -0.05) is 35.8 Å². The van der Waals surface area contributed by atoms with Crippen molar-refractivity contribution in [1.29, 1.82) is 0 Å². The van der Waals surface area contributed by atoms with Gasteiger partial charge in [0.15, 0.2) is 0 Å². The average Bonchev–Trinajstić information content (AvgIpc) is 2.93. The first-order valence-corrected chi connectivity index (χ1v) is 8.66. The van der Waals surface area contributed by atoms with E-state index in [-0.39, 0.29) is 10.2 Å². The maximum atomic E-state index is 5.74. The van der Waals surface area contributed by atoms with Gasteiger partial charge in [-0.2, -0.15) is 0 Å². The van der Waals surface area contributed by atoms with Crippen LogP contribution in [0.4, 0.5) is 0 Å². The molecular weight excluding hydrogens is 388 g/mol. The van der Waals surface area contributed by atoms with Gasteiger partial charge in [0.1, 0.15) is 5.75 Å². The summed E-state index contributed by atoms with van der Waals surface area (Å²) in [4.78, 5) is 1.55. The Kier molecular flexibility index (Phi) is 3.52. The molecule has 2 heterocycles. The third kappa shape index (κ3) is 2.50. The standard InChI is InChI=1S/C15H14Br2OS/c1-15(2)8-18-11-4-3-9(7-10(11)15)14(17)12-5-6-13(16)19-12/h3-7,14H,8H2,1-2H3. The molecule has 0 radical (unpaired) electrons. The molecule has 1 aromatic carbocycles. The van der Waals surface area contributed by atoms with Crippen LogP contribution in [0.1, 0.15) is 34.7 Å². The highest BCUT2D eigenvalue weighted by Gasteiger charge is 2.32. The zero-order valence-corrected chi connectivity index (χ0v) is 14.7. The highest BCUT2D eigenvalue weighted by Crippen LogP contribution is 2.43. The molecule has 1 nitrogen and oxygen atoms in total. The molecular formula is C15H14Br2OS. The van der Waals surface area contributed by atoms with Crippen LogP contribution in [-0.4, -0.2) is 6.61 Å². The van der Waals surface area contributed by atoms with Gasteiger partial charge in [-0.25, -0.2) is 0 Å². The number of ether oxygens (including phenoxy) is 1. The van der Waals surface area contributed by atoms with E-state index in [1.54, 1.807) is 11.3 Å². The smallest absolute Gasteiger partial charge is 0.123 e. The van der Waals surface area contributed by atoms with Gasteiger partial charge >= 0.3 is 0 Å². The molecule has 100 valence electrons. The lowest BCUT2D eigenvalue weighted by molar-refractivity contribution is 0.291. The van der Waals surface area contributed by atoms with Gasteiger partial charge in [0.05, 0.1) is 15.2 Å². The molecule has 0 fully saturated rings. The number of hydrogen-bond acceptors (Lipinski definition) is 2. The van der Waals surface area contributed by atoms with Crippen molar-refractivity contribution in [2.75, 3.05) is 6.61 Å². The molecule has 4 heteroatoms. The fourth-order valence-electron chi connectivity index (χ4n) is 2.32. The number of thiophene rings is 1. The molecule has 2 aromatic rings. The lowest BCUT2D eigenvalue weighted by Gasteiger charge is -2.17. The number of alkyl halides is 1. The Labute approximate surface area is 134 Å². The zero-order valence-electron chi connectivity index (χ0n) is 10.7. The van der Waals surface area contributed by atoms with Gasteiger partial charge in [0.25, 0.3) is 0 Å². The van der Waals surface area contributed by atoms with Crippen LogP contribution < -0.4 is 4.74 Å². The minimum Gasteiger partial charge on any atom is -0.492 e. The Hall–Kier alpha value is -0.320. The lowest BCUT2D eigenvalue weighted by atomic mass is 9.86. The van der Waals surface area contributed by atoms with Gasteiger partial charge in [-0.05, 0) is 45.8 Å². The summed E-state index contributed by atoms with van der Waals surface area (Å²) >= 11 is 9.08. The summed E-state index contributed by atoms with van der Waals surface area (Å²) in [6.45, 7) is 5.23. The first-order valence-electron chi connectivity index (χ1n) is 6.14. The second-order valence-corrected chi connectivity index (χ2v) is 8.84. The third-order valence-electron chi connectivity index (χ3n) is 3.46. The molecule has 0 saturated heterocycles. The van der Waals surface area contributed by atoms with E-state index in [2.05, 4.69) is 76.0 Å². The maximum absolute atomic E-state index is 5.74. The van der Waals surface area contributed by atoms with Gasteiger partial charge in [0, 0.05) is 15.9 Å². The Balaban J connectivity index is 1.99. The quantitative estimate of drug-likeness (QED) is 0.589. The van der Waals surface area contributed by atoms with E-state index in [1.165, 1.54) is 16.0 Å². The van der Waals surface area contributed by atoms with E-state index in [1.807, 2.05) is 0 Å². The first-order chi connectivity index (χ1) is 8.97. The van der Waals surface area contributed by atoms with Crippen molar-refractivity contribution >= 4 is 43.2 Å². The molecule has 1 aliphatic rings. The summed E-state index contributed by atoms with van der Waals surface area (Å²) in [7, 11) is 0. The molecule has 0 spiro atoms. The number of fused-ring (bicyclic) bond motifs is 1.